The molecule has 20 heavy (non-hydrogen) atoms. The first-order valence-electron chi connectivity index (χ1n) is 6.61. The zero-order chi connectivity index (χ0) is 14.4. The van der Waals surface area contributed by atoms with Crippen molar-refractivity contribution >= 4 is 23.3 Å². The van der Waals surface area contributed by atoms with E-state index < -0.39 is 0 Å². The summed E-state index contributed by atoms with van der Waals surface area (Å²) in [7, 11) is 0. The van der Waals surface area contributed by atoms with Crippen molar-refractivity contribution in [3.8, 4) is 0 Å². The molecule has 0 unspecified atom stereocenters. The van der Waals surface area contributed by atoms with Crippen LogP contribution in [0.3, 0.4) is 0 Å². The Kier molecular flexibility index (Phi) is 5.13. The van der Waals surface area contributed by atoms with Crippen molar-refractivity contribution < 1.29 is 4.79 Å². The molecule has 1 amide bonds. The summed E-state index contributed by atoms with van der Waals surface area (Å²) in [4.78, 5) is 16.0. The van der Waals surface area contributed by atoms with Crippen molar-refractivity contribution in [3.63, 3.8) is 0 Å². The molecule has 1 N–H and O–H groups in total. The van der Waals surface area contributed by atoms with Crippen LogP contribution in [0.1, 0.15) is 24.0 Å². The second-order valence-electron chi connectivity index (χ2n) is 4.70. The van der Waals surface area contributed by atoms with Gasteiger partial charge in [0.2, 0.25) is 5.91 Å². The maximum atomic E-state index is 11.8. The number of aryl methyl sites for hydroxylation is 2. The van der Waals surface area contributed by atoms with Gasteiger partial charge in [-0.15, -0.1) is 0 Å². The number of hydrogen-bond donors (Lipinski definition) is 1. The number of carbonyl (C=O) groups excluding carboxylic acids is 1. The molecule has 2 aromatic rings. The van der Waals surface area contributed by atoms with Crippen molar-refractivity contribution in [2.24, 2.45) is 0 Å². The predicted molar refractivity (Wildman–Crippen MR) is 82.0 cm³/mol. The molecule has 0 spiro atoms. The first-order chi connectivity index (χ1) is 9.65. The lowest BCUT2D eigenvalue weighted by Crippen LogP contribution is -2.13. The first-order valence-corrected chi connectivity index (χ1v) is 6.99. The molecule has 0 saturated heterocycles. The average molecular weight is 289 g/mol. The Morgan fingerprint density at radius 3 is 2.70 bits per heavy atom. The summed E-state index contributed by atoms with van der Waals surface area (Å²) in [5, 5.41) is 3.57. The van der Waals surface area contributed by atoms with Crippen molar-refractivity contribution in [1.82, 2.24) is 4.98 Å². The summed E-state index contributed by atoms with van der Waals surface area (Å²) < 4.78 is 0. The van der Waals surface area contributed by atoms with Crippen LogP contribution in [-0.2, 0) is 11.2 Å². The van der Waals surface area contributed by atoms with Crippen LogP contribution in [0.25, 0.3) is 0 Å². The zero-order valence-electron chi connectivity index (χ0n) is 11.4. The van der Waals surface area contributed by atoms with E-state index in [1.165, 1.54) is 5.56 Å². The Balaban J connectivity index is 1.78. The minimum absolute atomic E-state index is 0.000707. The van der Waals surface area contributed by atoms with E-state index in [1.54, 1.807) is 6.20 Å². The normalized spacial score (nSPS) is 10.3. The Morgan fingerprint density at radius 1 is 1.25 bits per heavy atom. The minimum atomic E-state index is 0.000707. The standard InChI is InChI=1S/C16H17ClN2O/c1-12-4-3-11-18-16(12)19-15(20)6-2-5-13-7-9-14(17)10-8-13/h3-4,7-11H,2,5-6H2,1H3,(H,18,19,20). The Bertz CT molecular complexity index is 581. The highest BCUT2D eigenvalue weighted by atomic mass is 35.5. The number of rotatable bonds is 5. The largest absolute Gasteiger partial charge is 0.310 e. The quantitative estimate of drug-likeness (QED) is 0.903. The van der Waals surface area contributed by atoms with Gasteiger partial charge < -0.3 is 5.32 Å². The average Bonchev–Trinajstić information content (AvgIpc) is 2.44. The molecule has 1 heterocycles. The second kappa shape index (κ2) is 7.06. The first kappa shape index (κ1) is 14.5. The highest BCUT2D eigenvalue weighted by molar-refractivity contribution is 6.30. The van der Waals surface area contributed by atoms with Crippen LogP contribution in [0.5, 0.6) is 0 Å². The molecule has 4 heteroatoms. The maximum absolute atomic E-state index is 11.8. The molecule has 1 aromatic heterocycles. The number of amides is 1. The van der Waals surface area contributed by atoms with Crippen LogP contribution in [-0.4, -0.2) is 10.9 Å². The number of anilines is 1. The number of aromatic nitrogens is 1. The predicted octanol–water partition coefficient (Wildman–Crippen LogP) is 4.00. The molecule has 0 bridgehead atoms. The van der Waals surface area contributed by atoms with E-state index in [-0.39, 0.29) is 5.91 Å². The maximum Gasteiger partial charge on any atom is 0.225 e. The fourth-order valence-electron chi connectivity index (χ4n) is 1.92. The molecule has 0 saturated carbocycles. The molecule has 0 aliphatic rings. The molecule has 2 rings (SSSR count). The van der Waals surface area contributed by atoms with Crippen LogP contribution >= 0.6 is 11.6 Å². The van der Waals surface area contributed by atoms with E-state index in [1.807, 2.05) is 43.3 Å². The third-order valence-corrected chi connectivity index (χ3v) is 3.30. The lowest BCUT2D eigenvalue weighted by molar-refractivity contribution is -0.116. The summed E-state index contributed by atoms with van der Waals surface area (Å²) in [6, 6.07) is 11.5. The smallest absolute Gasteiger partial charge is 0.225 e. The molecule has 1 aromatic carbocycles. The number of carbonyl (C=O) groups is 1. The Hall–Kier alpha value is -1.87. The van der Waals surface area contributed by atoms with Gasteiger partial charge in [-0.05, 0) is 49.1 Å². The highest BCUT2D eigenvalue weighted by Crippen LogP contribution is 2.13. The number of hydrogen-bond acceptors (Lipinski definition) is 2. The lowest BCUT2D eigenvalue weighted by Gasteiger charge is -2.06. The minimum Gasteiger partial charge on any atom is -0.310 e. The number of nitrogens with one attached hydrogen (secondary N) is 1. The molecule has 3 nitrogen and oxygen atoms in total. The fourth-order valence-corrected chi connectivity index (χ4v) is 2.04. The van der Waals surface area contributed by atoms with E-state index in [9.17, 15) is 4.79 Å². The van der Waals surface area contributed by atoms with Gasteiger partial charge in [-0.1, -0.05) is 29.8 Å². The van der Waals surface area contributed by atoms with Crippen LogP contribution in [0, 0.1) is 6.92 Å². The number of halogens is 1. The second-order valence-corrected chi connectivity index (χ2v) is 5.13. The van der Waals surface area contributed by atoms with E-state index in [4.69, 9.17) is 11.6 Å². The van der Waals surface area contributed by atoms with Crippen molar-refractivity contribution in [3.05, 3.63) is 58.7 Å². The fraction of sp³-hybridized carbons (Fsp3) is 0.250. The van der Waals surface area contributed by atoms with Gasteiger partial charge in [0.05, 0.1) is 0 Å². The summed E-state index contributed by atoms with van der Waals surface area (Å²) in [5.41, 5.74) is 2.16. The molecular weight excluding hydrogens is 272 g/mol. The van der Waals surface area contributed by atoms with E-state index in [0.29, 0.717) is 12.2 Å². The van der Waals surface area contributed by atoms with Gasteiger partial charge in [0.15, 0.2) is 0 Å². The molecule has 0 radical (unpaired) electrons. The number of benzene rings is 1. The van der Waals surface area contributed by atoms with Crippen LogP contribution in [0.15, 0.2) is 42.6 Å². The topological polar surface area (TPSA) is 42.0 Å². The molecule has 104 valence electrons. The lowest BCUT2D eigenvalue weighted by atomic mass is 10.1. The van der Waals surface area contributed by atoms with Gasteiger partial charge in [0, 0.05) is 17.6 Å². The van der Waals surface area contributed by atoms with E-state index in [2.05, 4.69) is 10.3 Å². The van der Waals surface area contributed by atoms with Gasteiger partial charge >= 0.3 is 0 Å². The number of nitrogens with zero attached hydrogens (tertiary/aromatic N) is 1. The van der Waals surface area contributed by atoms with Crippen molar-refractivity contribution in [2.45, 2.75) is 26.2 Å². The molecule has 0 aliphatic carbocycles. The van der Waals surface area contributed by atoms with Gasteiger partial charge in [0.25, 0.3) is 0 Å². The summed E-state index contributed by atoms with van der Waals surface area (Å²) in [6.07, 6.45) is 3.83. The third-order valence-electron chi connectivity index (χ3n) is 3.05. The molecule has 0 aliphatic heterocycles. The van der Waals surface area contributed by atoms with Crippen LogP contribution < -0.4 is 5.32 Å². The Labute approximate surface area is 124 Å². The molecule has 0 atom stereocenters. The van der Waals surface area contributed by atoms with Gasteiger partial charge in [-0.2, -0.15) is 0 Å². The van der Waals surface area contributed by atoms with Crippen molar-refractivity contribution in [2.75, 3.05) is 5.32 Å². The summed E-state index contributed by atoms with van der Waals surface area (Å²) in [5.74, 6) is 0.643. The van der Waals surface area contributed by atoms with E-state index in [0.717, 1.165) is 23.4 Å². The zero-order valence-corrected chi connectivity index (χ0v) is 12.2. The number of pyridine rings is 1. The van der Waals surface area contributed by atoms with Crippen LogP contribution in [0.4, 0.5) is 5.82 Å². The molecular formula is C16H17ClN2O. The SMILES string of the molecule is Cc1cccnc1NC(=O)CCCc1ccc(Cl)cc1. The Morgan fingerprint density at radius 2 is 2.00 bits per heavy atom. The van der Waals surface area contributed by atoms with E-state index >= 15 is 0 Å². The van der Waals surface area contributed by atoms with Crippen molar-refractivity contribution in [1.29, 1.82) is 0 Å². The van der Waals surface area contributed by atoms with Gasteiger partial charge in [0.1, 0.15) is 5.82 Å². The molecule has 0 fully saturated rings. The summed E-state index contributed by atoms with van der Waals surface area (Å²) in [6.45, 7) is 1.93. The van der Waals surface area contributed by atoms with Crippen LogP contribution in [0.2, 0.25) is 5.02 Å². The van der Waals surface area contributed by atoms with Gasteiger partial charge in [-0.3, -0.25) is 4.79 Å². The van der Waals surface area contributed by atoms with Gasteiger partial charge in [-0.25, -0.2) is 4.98 Å². The monoisotopic (exact) mass is 288 g/mol. The third kappa shape index (κ3) is 4.35. The summed E-state index contributed by atoms with van der Waals surface area (Å²) >= 11 is 5.83. The highest BCUT2D eigenvalue weighted by Gasteiger charge is 2.05.